The quantitative estimate of drug-likeness (QED) is 0.785. The highest BCUT2D eigenvalue weighted by molar-refractivity contribution is 5.98. The molecule has 0 N–H and O–H groups in total. The van der Waals surface area contributed by atoms with E-state index in [1.165, 1.54) is 43.4 Å². The van der Waals surface area contributed by atoms with Crippen LogP contribution in [0.5, 0.6) is 0 Å². The van der Waals surface area contributed by atoms with Gasteiger partial charge in [0.15, 0.2) is 0 Å². The fraction of sp³-hybridized carbons (Fsp3) is 0.650. The molecule has 0 saturated carbocycles. The molecule has 0 radical (unpaired) electrons. The molecule has 1 amide bonds. The molecule has 0 aromatic heterocycles. The molecule has 122 valence electrons. The number of hydrogen-bond donors (Lipinski definition) is 0. The molecule has 3 atom stereocenters. The van der Waals surface area contributed by atoms with Gasteiger partial charge in [0.25, 0.3) is 0 Å². The summed E-state index contributed by atoms with van der Waals surface area (Å²) >= 11 is 0. The molecule has 1 aromatic carbocycles. The Morgan fingerprint density at radius 1 is 1.22 bits per heavy atom. The summed E-state index contributed by atoms with van der Waals surface area (Å²) in [6.07, 6.45) is 8.01. The molecule has 3 fully saturated rings. The molecule has 0 unspecified atom stereocenters. The van der Waals surface area contributed by atoms with Gasteiger partial charge in [-0.15, -0.1) is 0 Å². The monoisotopic (exact) mass is 310 g/mol. The third-order valence-electron chi connectivity index (χ3n) is 7.37. The van der Waals surface area contributed by atoms with Gasteiger partial charge in [-0.2, -0.15) is 0 Å². The number of rotatable bonds is 1. The van der Waals surface area contributed by atoms with Crippen molar-refractivity contribution in [3.63, 3.8) is 0 Å². The Morgan fingerprint density at radius 2 is 2.09 bits per heavy atom. The fourth-order valence-corrected chi connectivity index (χ4v) is 6.26. The van der Waals surface area contributed by atoms with E-state index in [1.54, 1.807) is 0 Å². The average Bonchev–Trinajstić information content (AvgIpc) is 2.93. The van der Waals surface area contributed by atoms with Crippen molar-refractivity contribution in [2.24, 2.45) is 5.41 Å². The maximum atomic E-state index is 13.2. The first-order valence-corrected chi connectivity index (χ1v) is 9.37. The van der Waals surface area contributed by atoms with Gasteiger partial charge in [-0.1, -0.05) is 31.5 Å². The molecule has 5 rings (SSSR count). The summed E-state index contributed by atoms with van der Waals surface area (Å²) in [5.41, 5.74) is 2.95. The second-order valence-electron chi connectivity index (χ2n) is 8.13. The standard InChI is InChI=1S/C20H26N2O/c1-2-19-10-5-12-21-13-9-16-15-6-3-4-7-17(15)22(18(23)8-11-19)20(16,21)14-19/h3-4,6-7,16H,2,5,8-14H2,1H3/t16-,19+,20+/m1/s1. The van der Waals surface area contributed by atoms with Crippen LogP contribution >= 0.6 is 0 Å². The Hall–Kier alpha value is -1.35. The molecule has 4 heterocycles. The van der Waals surface area contributed by atoms with E-state index in [2.05, 4.69) is 41.0 Å². The number of hydrogen-bond acceptors (Lipinski definition) is 2. The van der Waals surface area contributed by atoms with Crippen molar-refractivity contribution < 1.29 is 4.79 Å². The first kappa shape index (κ1) is 14.0. The number of fused-ring (bicyclic) bond motifs is 4. The number of benzene rings is 1. The van der Waals surface area contributed by atoms with E-state index in [0.717, 1.165) is 25.9 Å². The van der Waals surface area contributed by atoms with Crippen LogP contribution in [-0.2, 0) is 4.79 Å². The van der Waals surface area contributed by atoms with Gasteiger partial charge in [-0.05, 0) is 49.1 Å². The van der Waals surface area contributed by atoms with Crippen molar-refractivity contribution in [1.82, 2.24) is 4.90 Å². The predicted molar refractivity (Wildman–Crippen MR) is 91.4 cm³/mol. The molecular formula is C20H26N2O. The Morgan fingerprint density at radius 3 is 2.96 bits per heavy atom. The van der Waals surface area contributed by atoms with Gasteiger partial charge in [0, 0.05) is 31.1 Å². The van der Waals surface area contributed by atoms with Crippen LogP contribution < -0.4 is 4.90 Å². The summed E-state index contributed by atoms with van der Waals surface area (Å²) in [7, 11) is 0. The highest BCUT2D eigenvalue weighted by Crippen LogP contribution is 2.62. The number of anilines is 1. The van der Waals surface area contributed by atoms with Gasteiger partial charge in [0.2, 0.25) is 5.91 Å². The molecule has 0 aliphatic carbocycles. The van der Waals surface area contributed by atoms with Crippen LogP contribution in [0.25, 0.3) is 0 Å². The van der Waals surface area contributed by atoms with Gasteiger partial charge in [0.05, 0.1) is 0 Å². The predicted octanol–water partition coefficient (Wildman–Crippen LogP) is 3.89. The van der Waals surface area contributed by atoms with Crippen molar-refractivity contribution in [3.8, 4) is 0 Å². The third-order valence-corrected chi connectivity index (χ3v) is 7.37. The molecule has 23 heavy (non-hydrogen) atoms. The van der Waals surface area contributed by atoms with Crippen LogP contribution in [0.1, 0.15) is 63.4 Å². The summed E-state index contributed by atoms with van der Waals surface area (Å²) in [6, 6.07) is 8.71. The summed E-state index contributed by atoms with van der Waals surface area (Å²) < 4.78 is 0. The summed E-state index contributed by atoms with van der Waals surface area (Å²) in [4.78, 5) is 18.1. The topological polar surface area (TPSA) is 23.6 Å². The van der Waals surface area contributed by atoms with Gasteiger partial charge in [-0.25, -0.2) is 0 Å². The van der Waals surface area contributed by atoms with Crippen molar-refractivity contribution in [3.05, 3.63) is 29.8 Å². The third kappa shape index (κ3) is 1.62. The Bertz CT molecular complexity index is 671. The van der Waals surface area contributed by atoms with Crippen LogP contribution in [-0.4, -0.2) is 29.6 Å². The lowest BCUT2D eigenvalue weighted by Gasteiger charge is -2.46. The SMILES string of the molecule is CC[C@]12CCCN3CC[C@@H]4c5ccccc5N(C(=O)CC1)[C@@]43C2. The van der Waals surface area contributed by atoms with Crippen molar-refractivity contribution >= 4 is 11.6 Å². The van der Waals surface area contributed by atoms with Crippen LogP contribution in [0, 0.1) is 5.41 Å². The lowest BCUT2D eigenvalue weighted by atomic mass is 9.70. The lowest BCUT2D eigenvalue weighted by Crippen LogP contribution is -2.59. The minimum atomic E-state index is -0.0518. The second kappa shape index (κ2) is 4.60. The highest BCUT2D eigenvalue weighted by Gasteiger charge is 2.64. The van der Waals surface area contributed by atoms with Crippen molar-refractivity contribution in [2.45, 2.75) is 63.5 Å². The van der Waals surface area contributed by atoms with Crippen LogP contribution in [0.2, 0.25) is 0 Å². The molecule has 3 saturated heterocycles. The maximum Gasteiger partial charge on any atom is 0.228 e. The van der Waals surface area contributed by atoms with Gasteiger partial charge in [-0.3, -0.25) is 14.6 Å². The Balaban J connectivity index is 1.76. The Labute approximate surface area is 138 Å². The molecule has 1 spiro atoms. The van der Waals surface area contributed by atoms with Crippen molar-refractivity contribution in [1.29, 1.82) is 0 Å². The number of nitrogens with zero attached hydrogens (tertiary/aromatic N) is 2. The van der Waals surface area contributed by atoms with Gasteiger partial charge in [0.1, 0.15) is 5.66 Å². The highest BCUT2D eigenvalue weighted by atomic mass is 16.2. The first-order chi connectivity index (χ1) is 11.2. The van der Waals surface area contributed by atoms with E-state index in [0.29, 0.717) is 17.2 Å². The van der Waals surface area contributed by atoms with Gasteiger partial charge < -0.3 is 0 Å². The molecule has 4 aliphatic heterocycles. The van der Waals surface area contributed by atoms with E-state index >= 15 is 0 Å². The molecule has 3 heteroatoms. The summed E-state index contributed by atoms with van der Waals surface area (Å²) in [6.45, 7) is 4.66. The first-order valence-electron chi connectivity index (χ1n) is 9.37. The number of carbonyl (C=O) groups excluding carboxylic acids is 1. The van der Waals surface area contributed by atoms with Gasteiger partial charge >= 0.3 is 0 Å². The van der Waals surface area contributed by atoms with Crippen LogP contribution in [0.15, 0.2) is 24.3 Å². The zero-order chi connectivity index (χ0) is 15.7. The largest absolute Gasteiger partial charge is 0.292 e. The minimum absolute atomic E-state index is 0.0518. The minimum Gasteiger partial charge on any atom is -0.292 e. The smallest absolute Gasteiger partial charge is 0.228 e. The molecule has 1 aromatic rings. The maximum absolute atomic E-state index is 13.2. The summed E-state index contributed by atoms with van der Waals surface area (Å²) in [5, 5.41) is 0. The van der Waals surface area contributed by atoms with E-state index < -0.39 is 0 Å². The molecule has 3 nitrogen and oxygen atoms in total. The van der Waals surface area contributed by atoms with E-state index in [1.807, 2.05) is 0 Å². The zero-order valence-corrected chi connectivity index (χ0v) is 14.1. The summed E-state index contributed by atoms with van der Waals surface area (Å²) in [5.74, 6) is 0.883. The molecule has 2 bridgehead atoms. The van der Waals surface area contributed by atoms with Crippen LogP contribution in [0.4, 0.5) is 5.69 Å². The number of carbonyl (C=O) groups is 1. The molecular weight excluding hydrogens is 284 g/mol. The lowest BCUT2D eigenvalue weighted by molar-refractivity contribution is -0.120. The average molecular weight is 310 g/mol. The van der Waals surface area contributed by atoms with E-state index in [-0.39, 0.29) is 5.66 Å². The molecule has 4 aliphatic rings. The number of para-hydroxylation sites is 1. The zero-order valence-electron chi connectivity index (χ0n) is 14.1. The normalized spacial score (nSPS) is 38.9. The Kier molecular flexibility index (Phi) is 2.80. The van der Waals surface area contributed by atoms with E-state index in [9.17, 15) is 4.79 Å². The fourth-order valence-electron chi connectivity index (χ4n) is 6.26. The van der Waals surface area contributed by atoms with Crippen LogP contribution in [0.3, 0.4) is 0 Å². The second-order valence-corrected chi connectivity index (χ2v) is 8.13. The van der Waals surface area contributed by atoms with E-state index in [4.69, 9.17) is 0 Å². The number of amides is 1. The van der Waals surface area contributed by atoms with Crippen molar-refractivity contribution in [2.75, 3.05) is 18.0 Å².